The fourth-order valence-corrected chi connectivity index (χ4v) is 3.75. The number of rotatable bonds is 5. The monoisotopic (exact) mass is 397 g/mol. The molecule has 0 atom stereocenters. The number of hydrogen-bond donors (Lipinski definition) is 0. The van der Waals surface area contributed by atoms with E-state index in [1.807, 2.05) is 29.2 Å². The molecule has 0 spiro atoms. The van der Waals surface area contributed by atoms with E-state index >= 15 is 0 Å². The summed E-state index contributed by atoms with van der Waals surface area (Å²) >= 11 is 0. The van der Waals surface area contributed by atoms with Gasteiger partial charge in [0.25, 0.3) is 5.91 Å². The predicted octanol–water partition coefficient (Wildman–Crippen LogP) is 2.06. The maximum atomic E-state index is 13.0. The van der Waals surface area contributed by atoms with Gasteiger partial charge in [-0.25, -0.2) is 0 Å². The Morgan fingerprint density at radius 2 is 1.76 bits per heavy atom. The Kier molecular flexibility index (Phi) is 5.69. The van der Waals surface area contributed by atoms with Crippen molar-refractivity contribution in [2.75, 3.05) is 62.3 Å². The number of amides is 1. The first-order chi connectivity index (χ1) is 14.2. The molecule has 0 N–H and O–H groups in total. The molecule has 4 rings (SSSR count). The van der Waals surface area contributed by atoms with Crippen LogP contribution in [0, 0.1) is 0 Å². The van der Waals surface area contributed by atoms with Gasteiger partial charge in [0.1, 0.15) is 13.2 Å². The van der Waals surface area contributed by atoms with Crippen LogP contribution >= 0.6 is 0 Å². The fraction of sp³-hybridized carbons (Fsp3) is 0.476. The molecule has 1 aromatic heterocycles. The first-order valence-electron chi connectivity index (χ1n) is 10.2. The third-order valence-corrected chi connectivity index (χ3v) is 5.41. The van der Waals surface area contributed by atoms with E-state index in [0.29, 0.717) is 43.4 Å². The average molecular weight is 397 g/mol. The van der Waals surface area contributed by atoms with Crippen molar-refractivity contribution in [1.29, 1.82) is 0 Å². The molecule has 0 bridgehead atoms. The second-order valence-corrected chi connectivity index (χ2v) is 7.03. The smallest absolute Gasteiger partial charge is 0.257 e. The molecule has 154 valence electrons. The lowest BCUT2D eigenvalue weighted by Crippen LogP contribution is -2.49. The number of nitrogens with zero attached hydrogens (tertiary/aromatic N) is 5. The highest BCUT2D eigenvalue weighted by atomic mass is 16.6. The van der Waals surface area contributed by atoms with Crippen LogP contribution in [0.5, 0.6) is 11.5 Å². The maximum absolute atomic E-state index is 13.0. The number of ether oxygens (including phenoxy) is 2. The van der Waals surface area contributed by atoms with Gasteiger partial charge in [0, 0.05) is 39.3 Å². The lowest BCUT2D eigenvalue weighted by Gasteiger charge is -2.35. The molecule has 3 heterocycles. The highest BCUT2D eigenvalue weighted by molar-refractivity contribution is 5.98. The first kappa shape index (κ1) is 19.3. The van der Waals surface area contributed by atoms with E-state index in [-0.39, 0.29) is 5.91 Å². The number of fused-ring (bicyclic) bond motifs is 1. The lowest BCUT2D eigenvalue weighted by atomic mass is 10.1. The van der Waals surface area contributed by atoms with Crippen LogP contribution in [-0.2, 0) is 0 Å². The summed E-state index contributed by atoms with van der Waals surface area (Å²) in [7, 11) is 0. The highest BCUT2D eigenvalue weighted by Gasteiger charge is 2.27. The number of carbonyl (C=O) groups is 1. The third-order valence-electron chi connectivity index (χ3n) is 5.41. The van der Waals surface area contributed by atoms with Gasteiger partial charge in [-0.1, -0.05) is 6.07 Å². The number of hydrogen-bond acceptors (Lipinski definition) is 7. The van der Waals surface area contributed by atoms with Crippen LogP contribution in [0.2, 0.25) is 0 Å². The van der Waals surface area contributed by atoms with Crippen molar-refractivity contribution in [2.45, 2.75) is 13.8 Å². The van der Waals surface area contributed by atoms with E-state index in [2.05, 4.69) is 33.8 Å². The molecule has 2 aromatic rings. The summed E-state index contributed by atoms with van der Waals surface area (Å²) < 4.78 is 11.3. The van der Waals surface area contributed by atoms with E-state index in [0.717, 1.165) is 37.8 Å². The molecule has 29 heavy (non-hydrogen) atoms. The molecule has 2 aliphatic heterocycles. The van der Waals surface area contributed by atoms with Crippen molar-refractivity contribution in [3.63, 3.8) is 0 Å². The fourth-order valence-electron chi connectivity index (χ4n) is 3.75. The van der Waals surface area contributed by atoms with Crippen molar-refractivity contribution >= 4 is 17.5 Å². The quantitative estimate of drug-likeness (QED) is 0.765. The number of aromatic nitrogens is 2. The summed E-state index contributed by atoms with van der Waals surface area (Å²) in [5, 5.41) is 8.77. The van der Waals surface area contributed by atoms with Crippen molar-refractivity contribution in [2.24, 2.45) is 0 Å². The van der Waals surface area contributed by atoms with Gasteiger partial charge in [0.05, 0.1) is 5.56 Å². The number of para-hydroxylation sites is 1. The molecule has 0 radical (unpaired) electrons. The Hall–Kier alpha value is -3.03. The number of anilines is 2. The molecule has 2 aliphatic rings. The van der Waals surface area contributed by atoms with Crippen molar-refractivity contribution < 1.29 is 14.3 Å². The van der Waals surface area contributed by atoms with Gasteiger partial charge in [0.15, 0.2) is 23.1 Å². The summed E-state index contributed by atoms with van der Waals surface area (Å²) in [5.74, 6) is 2.92. The molecule has 1 aromatic carbocycles. The molecular weight excluding hydrogens is 370 g/mol. The molecule has 0 unspecified atom stereocenters. The molecule has 0 aliphatic carbocycles. The largest absolute Gasteiger partial charge is 0.486 e. The number of carbonyl (C=O) groups excluding carboxylic acids is 1. The van der Waals surface area contributed by atoms with Crippen molar-refractivity contribution in [3.8, 4) is 11.5 Å². The zero-order chi connectivity index (χ0) is 20.2. The van der Waals surface area contributed by atoms with Crippen LogP contribution < -0.4 is 19.3 Å². The van der Waals surface area contributed by atoms with Gasteiger partial charge in [-0.2, -0.15) is 0 Å². The summed E-state index contributed by atoms with van der Waals surface area (Å²) in [6.07, 6.45) is 0. The van der Waals surface area contributed by atoms with Gasteiger partial charge in [-0.15, -0.1) is 10.2 Å². The van der Waals surface area contributed by atoms with Crippen molar-refractivity contribution in [1.82, 2.24) is 15.1 Å². The maximum Gasteiger partial charge on any atom is 0.257 e. The summed E-state index contributed by atoms with van der Waals surface area (Å²) in [5.41, 5.74) is 0.569. The molecule has 1 fully saturated rings. The second kappa shape index (κ2) is 8.55. The minimum atomic E-state index is -0.0186. The van der Waals surface area contributed by atoms with Crippen LogP contribution in [0.15, 0.2) is 30.3 Å². The van der Waals surface area contributed by atoms with E-state index in [1.165, 1.54) is 0 Å². The summed E-state index contributed by atoms with van der Waals surface area (Å²) in [6.45, 7) is 9.70. The van der Waals surface area contributed by atoms with Crippen LogP contribution in [0.3, 0.4) is 0 Å². The zero-order valence-electron chi connectivity index (χ0n) is 17.0. The van der Waals surface area contributed by atoms with E-state index < -0.39 is 0 Å². The Morgan fingerprint density at radius 1 is 1.00 bits per heavy atom. The molecular formula is C21H27N5O3. The number of piperazine rings is 1. The lowest BCUT2D eigenvalue weighted by molar-refractivity contribution is 0.0736. The SMILES string of the molecule is CCN(CC)c1ccc(N2CCN(C(=O)c3cccc4c3OCCO4)CC2)nn1. The van der Waals surface area contributed by atoms with Crippen LogP contribution in [0.1, 0.15) is 24.2 Å². The Morgan fingerprint density at radius 3 is 2.45 bits per heavy atom. The average Bonchev–Trinajstić information content (AvgIpc) is 2.80. The van der Waals surface area contributed by atoms with Crippen molar-refractivity contribution in [3.05, 3.63) is 35.9 Å². The van der Waals surface area contributed by atoms with Gasteiger partial charge in [-0.05, 0) is 38.1 Å². The Bertz CT molecular complexity index is 846. The minimum absolute atomic E-state index is 0.0186. The van der Waals surface area contributed by atoms with Gasteiger partial charge in [0.2, 0.25) is 0 Å². The topological polar surface area (TPSA) is 71.0 Å². The molecule has 8 heteroatoms. The van der Waals surface area contributed by atoms with E-state index in [4.69, 9.17) is 9.47 Å². The van der Waals surface area contributed by atoms with E-state index in [1.54, 1.807) is 6.07 Å². The van der Waals surface area contributed by atoms with E-state index in [9.17, 15) is 4.79 Å². The zero-order valence-corrected chi connectivity index (χ0v) is 17.0. The normalized spacial score (nSPS) is 15.9. The summed E-state index contributed by atoms with van der Waals surface area (Å²) in [4.78, 5) is 19.2. The standard InChI is InChI=1S/C21H27N5O3/c1-3-24(4-2)18-8-9-19(23-22-18)25-10-12-26(13-11-25)21(27)16-6-5-7-17-20(16)29-15-14-28-17/h5-9H,3-4,10-15H2,1-2H3. The Balaban J connectivity index is 1.40. The highest BCUT2D eigenvalue weighted by Crippen LogP contribution is 2.34. The van der Waals surface area contributed by atoms with Gasteiger partial charge < -0.3 is 24.2 Å². The first-order valence-corrected chi connectivity index (χ1v) is 10.2. The Labute approximate surface area is 171 Å². The molecule has 1 amide bonds. The third kappa shape index (κ3) is 3.92. The molecule has 8 nitrogen and oxygen atoms in total. The van der Waals surface area contributed by atoms with Gasteiger partial charge in [-0.3, -0.25) is 4.79 Å². The minimum Gasteiger partial charge on any atom is -0.486 e. The predicted molar refractivity (Wildman–Crippen MR) is 111 cm³/mol. The second-order valence-electron chi connectivity index (χ2n) is 7.03. The molecule has 1 saturated heterocycles. The summed E-state index contributed by atoms with van der Waals surface area (Å²) in [6, 6.07) is 9.50. The van der Waals surface area contributed by atoms with Gasteiger partial charge >= 0.3 is 0 Å². The molecule has 0 saturated carbocycles. The van der Waals surface area contributed by atoms with Crippen LogP contribution in [-0.4, -0.2) is 73.5 Å². The van der Waals surface area contributed by atoms with Crippen LogP contribution in [0.25, 0.3) is 0 Å². The number of benzene rings is 1. The van der Waals surface area contributed by atoms with Crippen LogP contribution in [0.4, 0.5) is 11.6 Å².